The first-order valence-electron chi connectivity index (χ1n) is 5.89. The van der Waals surface area contributed by atoms with E-state index in [-0.39, 0.29) is 18.4 Å². The number of nitrogens with one attached hydrogen (secondary N) is 1. The average molecular weight is 256 g/mol. The van der Waals surface area contributed by atoms with Crippen LogP contribution in [0.3, 0.4) is 0 Å². The molecule has 2 rings (SSSR count). The second-order valence-electron chi connectivity index (χ2n) is 4.30. The van der Waals surface area contributed by atoms with Gasteiger partial charge in [-0.05, 0) is 6.42 Å². The topological polar surface area (TPSA) is 84.9 Å². The Kier molecular flexibility index (Phi) is 3.81. The lowest BCUT2D eigenvalue weighted by Gasteiger charge is -2.35. The van der Waals surface area contributed by atoms with Gasteiger partial charge in [0.25, 0.3) is 0 Å². The molecule has 0 radical (unpaired) electrons. The van der Waals surface area contributed by atoms with Crippen LogP contribution in [-0.2, 0) is 23.9 Å². The van der Waals surface area contributed by atoms with E-state index in [1.54, 1.807) is 0 Å². The number of rotatable bonds is 2. The number of methoxy groups -OCH3 is 1. The molecule has 0 aliphatic carbocycles. The summed E-state index contributed by atoms with van der Waals surface area (Å²) in [5.41, 5.74) is 0. The van der Waals surface area contributed by atoms with Gasteiger partial charge in [-0.15, -0.1) is 0 Å². The third-order valence-electron chi connectivity index (χ3n) is 3.18. The molecule has 2 heterocycles. The molecule has 1 N–H and O–H groups in total. The van der Waals surface area contributed by atoms with Crippen LogP contribution in [-0.4, -0.2) is 61.6 Å². The molecule has 2 amide bonds. The summed E-state index contributed by atoms with van der Waals surface area (Å²) in [5.74, 6) is -0.858. The van der Waals surface area contributed by atoms with Crippen molar-refractivity contribution in [2.75, 3.05) is 26.9 Å². The number of esters is 1. The van der Waals surface area contributed by atoms with Gasteiger partial charge in [0.15, 0.2) is 6.04 Å². The molecule has 0 aromatic carbocycles. The number of ether oxygens (including phenoxy) is 2. The molecule has 0 saturated carbocycles. The van der Waals surface area contributed by atoms with Crippen molar-refractivity contribution >= 4 is 17.8 Å². The number of hydrogen-bond donors (Lipinski definition) is 1. The third kappa shape index (κ3) is 2.45. The summed E-state index contributed by atoms with van der Waals surface area (Å²) >= 11 is 0. The van der Waals surface area contributed by atoms with Gasteiger partial charge in [0.05, 0.1) is 20.3 Å². The second-order valence-corrected chi connectivity index (χ2v) is 4.30. The monoisotopic (exact) mass is 256 g/mol. The number of carbonyl (C=O) groups excluding carboxylic acids is 3. The van der Waals surface area contributed by atoms with E-state index in [1.165, 1.54) is 12.0 Å². The molecule has 2 aliphatic heterocycles. The van der Waals surface area contributed by atoms with Gasteiger partial charge in [-0.25, -0.2) is 4.79 Å². The largest absolute Gasteiger partial charge is 0.467 e. The fourth-order valence-electron chi connectivity index (χ4n) is 2.20. The maximum absolute atomic E-state index is 12.2. The smallest absolute Gasteiger partial charge is 0.331 e. The quantitative estimate of drug-likeness (QED) is 0.618. The van der Waals surface area contributed by atoms with Crippen molar-refractivity contribution in [2.24, 2.45) is 0 Å². The van der Waals surface area contributed by atoms with Crippen LogP contribution >= 0.6 is 0 Å². The van der Waals surface area contributed by atoms with Crippen molar-refractivity contribution in [3.05, 3.63) is 0 Å². The van der Waals surface area contributed by atoms with Crippen molar-refractivity contribution in [3.8, 4) is 0 Å². The Morgan fingerprint density at radius 3 is 2.89 bits per heavy atom. The average Bonchev–Trinajstić information content (AvgIpc) is 2.83. The van der Waals surface area contributed by atoms with Gasteiger partial charge in [0, 0.05) is 13.0 Å². The van der Waals surface area contributed by atoms with Crippen molar-refractivity contribution in [1.82, 2.24) is 10.2 Å². The first-order valence-corrected chi connectivity index (χ1v) is 5.89. The van der Waals surface area contributed by atoms with E-state index < -0.39 is 18.1 Å². The summed E-state index contributed by atoms with van der Waals surface area (Å²) in [6, 6.07) is -1.24. The summed E-state index contributed by atoms with van der Waals surface area (Å²) in [4.78, 5) is 36.4. The number of carbonyl (C=O) groups is 3. The minimum Gasteiger partial charge on any atom is -0.467 e. The first-order chi connectivity index (χ1) is 8.63. The molecule has 2 atom stereocenters. The van der Waals surface area contributed by atoms with Gasteiger partial charge in [-0.3, -0.25) is 9.59 Å². The molecule has 1 unspecified atom stereocenters. The molecule has 100 valence electrons. The van der Waals surface area contributed by atoms with Crippen molar-refractivity contribution in [2.45, 2.75) is 24.9 Å². The Morgan fingerprint density at radius 1 is 1.50 bits per heavy atom. The zero-order valence-electron chi connectivity index (χ0n) is 10.2. The standard InChI is InChI=1S/C11H16N2O5/c1-17-11(16)8-6-18-5-4-13(8)10(15)7-2-3-9(14)12-7/h7-8H,2-6H2,1H3,(H,12,14)/t7-,8?/m1/s1. The molecule has 2 saturated heterocycles. The molecule has 7 heteroatoms. The van der Waals surface area contributed by atoms with E-state index >= 15 is 0 Å². The van der Waals surface area contributed by atoms with E-state index in [0.717, 1.165) is 0 Å². The van der Waals surface area contributed by atoms with Crippen LogP contribution in [0.5, 0.6) is 0 Å². The maximum Gasteiger partial charge on any atom is 0.331 e. The lowest BCUT2D eigenvalue weighted by molar-refractivity contribution is -0.161. The number of amides is 2. The van der Waals surface area contributed by atoms with Gasteiger partial charge in [0.2, 0.25) is 11.8 Å². The zero-order chi connectivity index (χ0) is 13.1. The van der Waals surface area contributed by atoms with Crippen LogP contribution in [0.2, 0.25) is 0 Å². The molecule has 0 bridgehead atoms. The Hall–Kier alpha value is -1.63. The Morgan fingerprint density at radius 2 is 2.28 bits per heavy atom. The SMILES string of the molecule is COC(=O)C1COCCN1C(=O)[C@H]1CCC(=O)N1. The summed E-state index contributed by atoms with van der Waals surface area (Å²) < 4.78 is 9.84. The molecule has 0 spiro atoms. The van der Waals surface area contributed by atoms with Gasteiger partial charge < -0.3 is 19.7 Å². The van der Waals surface area contributed by atoms with E-state index in [9.17, 15) is 14.4 Å². The summed E-state index contributed by atoms with van der Waals surface area (Å²) in [7, 11) is 1.27. The van der Waals surface area contributed by atoms with Gasteiger partial charge in [-0.1, -0.05) is 0 Å². The summed E-state index contributed by atoms with van der Waals surface area (Å²) in [6.45, 7) is 0.865. The van der Waals surface area contributed by atoms with E-state index in [1.807, 2.05) is 0 Å². The fourth-order valence-corrected chi connectivity index (χ4v) is 2.20. The van der Waals surface area contributed by atoms with Gasteiger partial charge in [-0.2, -0.15) is 0 Å². The molecular weight excluding hydrogens is 240 g/mol. The molecule has 18 heavy (non-hydrogen) atoms. The van der Waals surface area contributed by atoms with Crippen LogP contribution < -0.4 is 5.32 Å². The Bertz CT molecular complexity index is 370. The highest BCUT2D eigenvalue weighted by Gasteiger charge is 2.38. The van der Waals surface area contributed by atoms with Crippen molar-refractivity contribution < 1.29 is 23.9 Å². The van der Waals surface area contributed by atoms with Crippen LogP contribution in [0.4, 0.5) is 0 Å². The predicted octanol–water partition coefficient (Wildman–Crippen LogP) is -1.33. The number of morpholine rings is 1. The molecule has 2 aliphatic rings. The predicted molar refractivity (Wildman–Crippen MR) is 59.5 cm³/mol. The summed E-state index contributed by atoms with van der Waals surface area (Å²) in [6.07, 6.45) is 0.826. The normalized spacial score (nSPS) is 27.8. The molecular formula is C11H16N2O5. The minimum atomic E-state index is -0.714. The van der Waals surface area contributed by atoms with Crippen molar-refractivity contribution in [3.63, 3.8) is 0 Å². The zero-order valence-corrected chi connectivity index (χ0v) is 10.2. The van der Waals surface area contributed by atoms with Crippen LogP contribution in [0.15, 0.2) is 0 Å². The van der Waals surface area contributed by atoms with Crippen LogP contribution in [0.1, 0.15) is 12.8 Å². The minimum absolute atomic E-state index is 0.128. The lowest BCUT2D eigenvalue weighted by atomic mass is 10.1. The highest BCUT2D eigenvalue weighted by Crippen LogP contribution is 2.15. The van der Waals surface area contributed by atoms with Crippen LogP contribution in [0.25, 0.3) is 0 Å². The number of nitrogens with zero attached hydrogens (tertiary/aromatic N) is 1. The van der Waals surface area contributed by atoms with E-state index in [0.29, 0.717) is 26.0 Å². The fraction of sp³-hybridized carbons (Fsp3) is 0.727. The van der Waals surface area contributed by atoms with Gasteiger partial charge in [0.1, 0.15) is 6.04 Å². The Balaban J connectivity index is 2.06. The summed E-state index contributed by atoms with van der Waals surface area (Å²) in [5, 5.41) is 2.61. The van der Waals surface area contributed by atoms with Crippen LogP contribution in [0, 0.1) is 0 Å². The second kappa shape index (κ2) is 5.34. The molecule has 2 fully saturated rings. The Labute approximate surface area is 104 Å². The lowest BCUT2D eigenvalue weighted by Crippen LogP contribution is -2.57. The third-order valence-corrected chi connectivity index (χ3v) is 3.18. The van der Waals surface area contributed by atoms with E-state index in [4.69, 9.17) is 4.74 Å². The van der Waals surface area contributed by atoms with Crippen molar-refractivity contribution in [1.29, 1.82) is 0 Å². The number of hydrogen-bond acceptors (Lipinski definition) is 5. The first kappa shape index (κ1) is 12.8. The highest BCUT2D eigenvalue weighted by atomic mass is 16.5. The molecule has 0 aromatic rings. The van der Waals surface area contributed by atoms with Gasteiger partial charge >= 0.3 is 5.97 Å². The molecule has 7 nitrogen and oxygen atoms in total. The van der Waals surface area contributed by atoms with E-state index in [2.05, 4.69) is 10.1 Å². The maximum atomic E-state index is 12.2. The highest BCUT2D eigenvalue weighted by molar-refractivity contribution is 5.93. The molecule has 0 aromatic heterocycles.